The number of benzene rings is 2. The number of hydrogen-bond acceptors (Lipinski definition) is 5. The number of halogens is 1. The number of rotatable bonds is 6. The van der Waals surface area contributed by atoms with E-state index in [9.17, 15) is 0 Å². The van der Waals surface area contributed by atoms with Crippen molar-refractivity contribution in [1.82, 2.24) is 19.9 Å². The largest absolute Gasteiger partial charge is 0.361 e. The second kappa shape index (κ2) is 8.10. The molecule has 0 radical (unpaired) electrons. The Bertz CT molecular complexity index is 1050. The summed E-state index contributed by atoms with van der Waals surface area (Å²) in [6, 6.07) is 20.3. The summed E-state index contributed by atoms with van der Waals surface area (Å²) >= 11 is 5.24. The van der Waals surface area contributed by atoms with Gasteiger partial charge in [0.1, 0.15) is 5.76 Å². The van der Waals surface area contributed by atoms with E-state index < -0.39 is 0 Å². The van der Waals surface area contributed by atoms with Gasteiger partial charge in [-0.3, -0.25) is 4.57 Å². The standard InChI is InChI=1S/C20H17BrN4OS/c1-14-11-16(24-26-14)13-27-20-23-22-19(17-9-5-6-10-18(17)21)25(20)12-15-7-3-2-4-8-15/h2-11H,12-13H2,1H3. The molecule has 2 heterocycles. The van der Waals surface area contributed by atoms with Gasteiger partial charge in [-0.25, -0.2) is 0 Å². The molecule has 136 valence electrons. The third kappa shape index (κ3) is 4.14. The van der Waals surface area contributed by atoms with Crippen molar-refractivity contribution in [3.63, 3.8) is 0 Å². The highest BCUT2D eigenvalue weighted by molar-refractivity contribution is 9.10. The van der Waals surface area contributed by atoms with E-state index in [0.29, 0.717) is 12.3 Å². The summed E-state index contributed by atoms with van der Waals surface area (Å²) in [5.41, 5.74) is 3.11. The summed E-state index contributed by atoms with van der Waals surface area (Å²) in [4.78, 5) is 0. The van der Waals surface area contributed by atoms with E-state index in [1.54, 1.807) is 11.8 Å². The van der Waals surface area contributed by atoms with Crippen molar-refractivity contribution in [2.75, 3.05) is 0 Å². The fourth-order valence-electron chi connectivity index (χ4n) is 2.77. The number of thioether (sulfide) groups is 1. The molecule has 4 rings (SSSR count). The molecule has 7 heteroatoms. The number of aryl methyl sites for hydroxylation is 1. The molecule has 0 atom stereocenters. The molecule has 0 amide bonds. The molecule has 0 aliphatic rings. The lowest BCUT2D eigenvalue weighted by atomic mass is 10.2. The van der Waals surface area contributed by atoms with Crippen LogP contribution >= 0.6 is 27.7 Å². The molecule has 0 saturated carbocycles. The Balaban J connectivity index is 1.69. The van der Waals surface area contributed by atoms with Crippen LogP contribution in [0.1, 0.15) is 17.0 Å². The highest BCUT2D eigenvalue weighted by atomic mass is 79.9. The van der Waals surface area contributed by atoms with Gasteiger partial charge in [0.25, 0.3) is 0 Å². The molecular weight excluding hydrogens is 424 g/mol. The highest BCUT2D eigenvalue weighted by Crippen LogP contribution is 2.31. The lowest BCUT2D eigenvalue weighted by Crippen LogP contribution is -2.04. The van der Waals surface area contributed by atoms with Crippen molar-refractivity contribution in [2.45, 2.75) is 24.4 Å². The van der Waals surface area contributed by atoms with Crippen LogP contribution in [0.3, 0.4) is 0 Å². The van der Waals surface area contributed by atoms with Crippen molar-refractivity contribution in [1.29, 1.82) is 0 Å². The monoisotopic (exact) mass is 440 g/mol. The van der Waals surface area contributed by atoms with Crippen LogP contribution in [0.4, 0.5) is 0 Å². The van der Waals surface area contributed by atoms with E-state index in [-0.39, 0.29) is 0 Å². The fraction of sp³-hybridized carbons (Fsp3) is 0.150. The van der Waals surface area contributed by atoms with Gasteiger partial charge in [0.05, 0.1) is 12.2 Å². The lowest BCUT2D eigenvalue weighted by Gasteiger charge is -2.11. The van der Waals surface area contributed by atoms with Crippen LogP contribution in [0.15, 0.2) is 74.8 Å². The summed E-state index contributed by atoms with van der Waals surface area (Å²) in [6.07, 6.45) is 0. The maximum Gasteiger partial charge on any atom is 0.192 e. The smallest absolute Gasteiger partial charge is 0.192 e. The Morgan fingerprint density at radius 3 is 2.56 bits per heavy atom. The second-order valence-corrected chi connectivity index (χ2v) is 7.87. The third-order valence-electron chi connectivity index (χ3n) is 4.04. The number of hydrogen-bond donors (Lipinski definition) is 0. The zero-order valence-corrected chi connectivity index (χ0v) is 17.1. The molecule has 0 bridgehead atoms. The first-order chi connectivity index (χ1) is 13.2. The topological polar surface area (TPSA) is 56.7 Å². The molecule has 0 N–H and O–H groups in total. The Kier molecular flexibility index (Phi) is 5.40. The summed E-state index contributed by atoms with van der Waals surface area (Å²) in [5, 5.41) is 13.8. The predicted octanol–water partition coefficient (Wildman–Crippen LogP) is 5.34. The summed E-state index contributed by atoms with van der Waals surface area (Å²) < 4.78 is 8.30. The zero-order chi connectivity index (χ0) is 18.6. The Morgan fingerprint density at radius 2 is 1.81 bits per heavy atom. The molecule has 0 fully saturated rings. The Hall–Kier alpha value is -2.38. The molecule has 27 heavy (non-hydrogen) atoms. The van der Waals surface area contributed by atoms with Gasteiger partial charge in [-0.15, -0.1) is 10.2 Å². The lowest BCUT2D eigenvalue weighted by molar-refractivity contribution is 0.393. The number of aromatic nitrogens is 4. The van der Waals surface area contributed by atoms with Crippen molar-refractivity contribution in [2.24, 2.45) is 0 Å². The van der Waals surface area contributed by atoms with Gasteiger partial charge >= 0.3 is 0 Å². The molecule has 2 aromatic heterocycles. The van der Waals surface area contributed by atoms with Gasteiger partial charge in [-0.05, 0) is 18.6 Å². The average molecular weight is 441 g/mol. The molecule has 0 unspecified atom stereocenters. The van der Waals surface area contributed by atoms with Crippen molar-refractivity contribution in [3.05, 3.63) is 82.2 Å². The predicted molar refractivity (Wildman–Crippen MR) is 110 cm³/mol. The first-order valence-corrected chi connectivity index (χ1v) is 10.3. The van der Waals surface area contributed by atoms with Crippen LogP contribution in [0.2, 0.25) is 0 Å². The zero-order valence-electron chi connectivity index (χ0n) is 14.7. The first kappa shape index (κ1) is 18.0. The number of nitrogens with zero attached hydrogens (tertiary/aromatic N) is 4. The Labute approximate surface area is 169 Å². The van der Waals surface area contributed by atoms with Gasteiger partial charge in [0, 0.05) is 21.9 Å². The average Bonchev–Trinajstić information content (AvgIpc) is 3.27. The van der Waals surface area contributed by atoms with Crippen LogP contribution in [0.5, 0.6) is 0 Å². The normalized spacial score (nSPS) is 11.0. The van der Waals surface area contributed by atoms with E-state index in [1.165, 1.54) is 5.56 Å². The molecule has 0 aliphatic carbocycles. The minimum Gasteiger partial charge on any atom is -0.361 e. The molecule has 2 aromatic carbocycles. The fourth-order valence-corrected chi connectivity index (χ4v) is 4.05. The van der Waals surface area contributed by atoms with Crippen LogP contribution in [0.25, 0.3) is 11.4 Å². The highest BCUT2D eigenvalue weighted by Gasteiger charge is 2.17. The van der Waals surface area contributed by atoms with E-state index in [1.807, 2.05) is 55.5 Å². The SMILES string of the molecule is Cc1cc(CSc2nnc(-c3ccccc3Br)n2Cc2ccccc2)no1. The minimum atomic E-state index is 0.681. The maximum atomic E-state index is 5.16. The molecule has 4 aromatic rings. The van der Waals surface area contributed by atoms with Gasteiger partial charge in [0.2, 0.25) is 0 Å². The molecule has 5 nitrogen and oxygen atoms in total. The van der Waals surface area contributed by atoms with E-state index in [0.717, 1.165) is 32.5 Å². The van der Waals surface area contributed by atoms with Crippen molar-refractivity contribution >= 4 is 27.7 Å². The van der Waals surface area contributed by atoms with Gasteiger partial charge in [-0.1, -0.05) is 81.4 Å². The van der Waals surface area contributed by atoms with Gasteiger partial charge in [-0.2, -0.15) is 0 Å². The summed E-state index contributed by atoms with van der Waals surface area (Å²) in [5.74, 6) is 2.33. The van der Waals surface area contributed by atoms with Gasteiger partial charge < -0.3 is 4.52 Å². The molecule has 0 spiro atoms. The van der Waals surface area contributed by atoms with Crippen LogP contribution in [-0.4, -0.2) is 19.9 Å². The van der Waals surface area contributed by atoms with Crippen molar-refractivity contribution in [3.8, 4) is 11.4 Å². The first-order valence-electron chi connectivity index (χ1n) is 8.48. The quantitative estimate of drug-likeness (QED) is 0.378. The van der Waals surface area contributed by atoms with Crippen LogP contribution < -0.4 is 0 Å². The summed E-state index contributed by atoms with van der Waals surface area (Å²) in [6.45, 7) is 2.59. The maximum absolute atomic E-state index is 5.16. The van der Waals surface area contributed by atoms with E-state index in [4.69, 9.17) is 4.52 Å². The van der Waals surface area contributed by atoms with E-state index in [2.05, 4.69) is 48.0 Å². The van der Waals surface area contributed by atoms with E-state index >= 15 is 0 Å². The second-order valence-electron chi connectivity index (χ2n) is 6.08. The minimum absolute atomic E-state index is 0.681. The summed E-state index contributed by atoms with van der Waals surface area (Å²) in [7, 11) is 0. The molecule has 0 saturated heterocycles. The van der Waals surface area contributed by atoms with Crippen LogP contribution in [-0.2, 0) is 12.3 Å². The third-order valence-corrected chi connectivity index (χ3v) is 5.73. The Morgan fingerprint density at radius 1 is 1.04 bits per heavy atom. The van der Waals surface area contributed by atoms with Gasteiger partial charge in [0.15, 0.2) is 11.0 Å². The van der Waals surface area contributed by atoms with Crippen molar-refractivity contribution < 1.29 is 4.52 Å². The van der Waals surface area contributed by atoms with Crippen LogP contribution in [0, 0.1) is 6.92 Å². The molecule has 0 aliphatic heterocycles. The molecular formula is C20H17BrN4OS.